The Morgan fingerprint density at radius 1 is 1.38 bits per heavy atom. The van der Waals surface area contributed by atoms with E-state index >= 15 is 0 Å². The van der Waals surface area contributed by atoms with Crippen molar-refractivity contribution in [2.24, 2.45) is 0 Å². The van der Waals surface area contributed by atoms with Gasteiger partial charge in [0, 0.05) is 17.0 Å². The second-order valence-corrected chi connectivity index (χ2v) is 4.26. The van der Waals surface area contributed by atoms with Gasteiger partial charge in [-0.05, 0) is 24.8 Å². The summed E-state index contributed by atoms with van der Waals surface area (Å²) >= 11 is 0. The Kier molecular flexibility index (Phi) is 1.97. The second-order valence-electron chi connectivity index (χ2n) is 4.26. The van der Waals surface area contributed by atoms with Gasteiger partial charge in [0.1, 0.15) is 17.5 Å². The molecule has 0 N–H and O–H groups in total. The summed E-state index contributed by atoms with van der Waals surface area (Å²) in [5, 5.41) is 9.69. The number of hydrogen-bond donors (Lipinski definition) is 0. The van der Waals surface area contributed by atoms with Crippen molar-refractivity contribution in [3.8, 4) is 6.07 Å². The Labute approximate surface area is 92.3 Å². The van der Waals surface area contributed by atoms with Crippen LogP contribution < -0.4 is 0 Å². The third kappa shape index (κ3) is 1.23. The molecule has 0 amide bonds. The van der Waals surface area contributed by atoms with Gasteiger partial charge in [0.15, 0.2) is 0 Å². The Morgan fingerprint density at radius 2 is 2.19 bits per heavy atom. The summed E-state index contributed by atoms with van der Waals surface area (Å²) in [6.45, 7) is 0. The molecule has 0 radical (unpaired) electrons. The van der Waals surface area contributed by atoms with Gasteiger partial charge in [0.2, 0.25) is 0 Å². The van der Waals surface area contributed by atoms with Crippen LogP contribution in [0.5, 0.6) is 0 Å². The van der Waals surface area contributed by atoms with Crippen LogP contribution in [0.1, 0.15) is 36.3 Å². The van der Waals surface area contributed by atoms with Gasteiger partial charge in [-0.25, -0.2) is 4.39 Å². The molecule has 1 aliphatic carbocycles. The number of halogens is 1. The fraction of sp³-hybridized carbons (Fsp3) is 0.308. The molecule has 16 heavy (non-hydrogen) atoms. The Hall–Kier alpha value is -1.82. The molecule has 1 aromatic heterocycles. The maximum Gasteiger partial charge on any atom is 0.144 e. The highest BCUT2D eigenvalue weighted by atomic mass is 19.1. The van der Waals surface area contributed by atoms with Crippen LogP contribution in [0.15, 0.2) is 22.8 Å². The molecule has 0 spiro atoms. The largest absolute Gasteiger partial charge is 0.464 e. The summed E-state index contributed by atoms with van der Waals surface area (Å²) in [6.07, 6.45) is 5.26. The molecule has 1 heterocycles. The lowest BCUT2D eigenvalue weighted by Crippen LogP contribution is -2.07. The van der Waals surface area contributed by atoms with Crippen molar-refractivity contribution in [1.82, 2.24) is 0 Å². The highest BCUT2D eigenvalue weighted by Crippen LogP contribution is 2.40. The lowest BCUT2D eigenvalue weighted by molar-refractivity contribution is 0.417. The zero-order chi connectivity index (χ0) is 11.1. The lowest BCUT2D eigenvalue weighted by Gasteiger charge is -2.24. The van der Waals surface area contributed by atoms with E-state index in [0.717, 1.165) is 23.8 Å². The highest BCUT2D eigenvalue weighted by molar-refractivity contribution is 5.83. The molecular weight excluding hydrogens is 205 g/mol. The number of benzene rings is 1. The minimum absolute atomic E-state index is 0.0921. The van der Waals surface area contributed by atoms with Crippen LogP contribution in [0.2, 0.25) is 0 Å². The van der Waals surface area contributed by atoms with Crippen LogP contribution in [0, 0.1) is 17.1 Å². The molecule has 1 fully saturated rings. The van der Waals surface area contributed by atoms with Crippen LogP contribution in [-0.4, -0.2) is 0 Å². The summed E-state index contributed by atoms with van der Waals surface area (Å²) in [5.41, 5.74) is 1.76. The second kappa shape index (κ2) is 3.34. The third-order valence-electron chi connectivity index (χ3n) is 3.36. The molecule has 2 aromatic rings. The summed E-state index contributed by atoms with van der Waals surface area (Å²) in [5.74, 6) is 0.0164. The van der Waals surface area contributed by atoms with Crippen molar-refractivity contribution < 1.29 is 8.81 Å². The number of nitriles is 1. The van der Waals surface area contributed by atoms with Gasteiger partial charge in [0.25, 0.3) is 0 Å². The van der Waals surface area contributed by atoms with E-state index in [-0.39, 0.29) is 5.56 Å². The molecule has 1 saturated carbocycles. The zero-order valence-corrected chi connectivity index (χ0v) is 8.66. The average molecular weight is 215 g/mol. The van der Waals surface area contributed by atoms with Crippen LogP contribution >= 0.6 is 0 Å². The molecule has 0 aliphatic heterocycles. The summed E-state index contributed by atoms with van der Waals surface area (Å²) in [7, 11) is 0. The topological polar surface area (TPSA) is 36.9 Å². The Balaban J connectivity index is 2.21. The minimum Gasteiger partial charge on any atom is -0.464 e. The first-order valence-electron chi connectivity index (χ1n) is 5.40. The Bertz CT molecular complexity index is 590. The van der Waals surface area contributed by atoms with Crippen LogP contribution in [0.4, 0.5) is 4.39 Å². The maximum atomic E-state index is 13.3. The maximum absolute atomic E-state index is 13.3. The first-order valence-corrected chi connectivity index (χ1v) is 5.40. The molecule has 1 aliphatic rings. The van der Waals surface area contributed by atoms with Crippen molar-refractivity contribution in [2.45, 2.75) is 25.2 Å². The first-order chi connectivity index (χ1) is 7.79. The summed E-state index contributed by atoms with van der Waals surface area (Å²) < 4.78 is 18.7. The summed E-state index contributed by atoms with van der Waals surface area (Å²) in [6, 6.07) is 4.76. The van der Waals surface area contributed by atoms with E-state index in [1.54, 1.807) is 12.3 Å². The summed E-state index contributed by atoms with van der Waals surface area (Å²) in [4.78, 5) is 0. The van der Waals surface area contributed by atoms with Crippen molar-refractivity contribution in [2.75, 3.05) is 0 Å². The molecular formula is C13H10FNO. The van der Waals surface area contributed by atoms with E-state index in [4.69, 9.17) is 9.68 Å². The fourth-order valence-corrected chi connectivity index (χ4v) is 2.19. The van der Waals surface area contributed by atoms with Crippen molar-refractivity contribution >= 4 is 11.0 Å². The van der Waals surface area contributed by atoms with E-state index < -0.39 is 5.82 Å². The van der Waals surface area contributed by atoms with E-state index in [1.807, 2.05) is 6.07 Å². The van der Waals surface area contributed by atoms with Gasteiger partial charge in [0.05, 0.1) is 11.8 Å². The molecule has 0 atom stereocenters. The number of rotatable bonds is 1. The molecule has 3 rings (SSSR count). The van der Waals surface area contributed by atoms with Gasteiger partial charge in [-0.1, -0.05) is 6.42 Å². The van der Waals surface area contributed by atoms with E-state index in [9.17, 15) is 4.39 Å². The monoisotopic (exact) mass is 215 g/mol. The SMILES string of the molecule is N#Cc1cc2c(C3CCC3)coc2cc1F. The number of nitrogens with zero attached hydrogens (tertiary/aromatic N) is 1. The molecule has 2 nitrogen and oxygen atoms in total. The number of furan rings is 1. The fourth-order valence-electron chi connectivity index (χ4n) is 2.19. The molecule has 0 saturated heterocycles. The van der Waals surface area contributed by atoms with Crippen molar-refractivity contribution in [3.05, 3.63) is 35.3 Å². The van der Waals surface area contributed by atoms with E-state index in [0.29, 0.717) is 11.5 Å². The highest BCUT2D eigenvalue weighted by Gasteiger charge is 2.24. The normalized spacial score (nSPS) is 16.0. The molecule has 1 aromatic carbocycles. The van der Waals surface area contributed by atoms with Gasteiger partial charge in [-0.3, -0.25) is 0 Å². The molecule has 3 heteroatoms. The number of fused-ring (bicyclic) bond motifs is 1. The van der Waals surface area contributed by atoms with E-state index in [2.05, 4.69) is 0 Å². The first kappa shape index (κ1) is 9.41. The van der Waals surface area contributed by atoms with Crippen molar-refractivity contribution in [1.29, 1.82) is 5.26 Å². The Morgan fingerprint density at radius 3 is 2.81 bits per heavy atom. The zero-order valence-electron chi connectivity index (χ0n) is 8.66. The average Bonchev–Trinajstić information content (AvgIpc) is 2.58. The van der Waals surface area contributed by atoms with Crippen molar-refractivity contribution in [3.63, 3.8) is 0 Å². The standard InChI is InChI=1S/C13H10FNO/c14-12-5-13-10(4-9(12)6-15)11(7-16-13)8-2-1-3-8/h4-5,7-8H,1-3H2. The number of hydrogen-bond acceptors (Lipinski definition) is 2. The van der Waals surface area contributed by atoms with Crippen LogP contribution in [0.25, 0.3) is 11.0 Å². The quantitative estimate of drug-likeness (QED) is 0.727. The molecule has 0 bridgehead atoms. The predicted octanol–water partition coefficient (Wildman–Crippen LogP) is 3.71. The van der Waals surface area contributed by atoms with Gasteiger partial charge < -0.3 is 4.42 Å². The van der Waals surface area contributed by atoms with Crippen LogP contribution in [-0.2, 0) is 0 Å². The molecule has 80 valence electrons. The van der Waals surface area contributed by atoms with Crippen LogP contribution in [0.3, 0.4) is 0 Å². The van der Waals surface area contributed by atoms with Gasteiger partial charge in [-0.15, -0.1) is 0 Å². The van der Waals surface area contributed by atoms with Gasteiger partial charge >= 0.3 is 0 Å². The third-order valence-corrected chi connectivity index (χ3v) is 3.36. The van der Waals surface area contributed by atoms with Gasteiger partial charge in [-0.2, -0.15) is 5.26 Å². The minimum atomic E-state index is -0.510. The predicted molar refractivity (Wildman–Crippen MR) is 57.5 cm³/mol. The van der Waals surface area contributed by atoms with E-state index in [1.165, 1.54) is 12.5 Å². The smallest absolute Gasteiger partial charge is 0.144 e. The lowest BCUT2D eigenvalue weighted by atomic mass is 9.80. The molecule has 0 unspecified atom stereocenters.